The average molecular weight is 414 g/mol. The minimum atomic E-state index is -0.978. The fraction of sp³-hybridized carbons (Fsp3) is 0.917. The molecule has 0 amide bonds. The molecule has 0 rings (SSSR count). The molecular formula is C24H47NO4. The third-order valence-corrected chi connectivity index (χ3v) is 5.35. The Morgan fingerprint density at radius 1 is 0.724 bits per heavy atom. The van der Waals surface area contributed by atoms with Crippen molar-refractivity contribution in [1.82, 2.24) is 5.32 Å². The average Bonchev–Trinajstić information content (AvgIpc) is 2.70. The minimum Gasteiger partial charge on any atom is -0.480 e. The van der Waals surface area contributed by atoms with Crippen LogP contribution in [0.25, 0.3) is 0 Å². The molecule has 0 fully saturated rings. The van der Waals surface area contributed by atoms with E-state index in [4.69, 9.17) is 4.74 Å². The second-order valence-electron chi connectivity index (χ2n) is 8.22. The van der Waals surface area contributed by atoms with Gasteiger partial charge in [-0.1, -0.05) is 104 Å². The highest BCUT2D eigenvalue weighted by Crippen LogP contribution is 2.09. The largest absolute Gasteiger partial charge is 0.480 e. The summed E-state index contributed by atoms with van der Waals surface area (Å²) in [4.78, 5) is 23.3. The maximum Gasteiger partial charge on any atom is 0.321 e. The number of esters is 1. The zero-order valence-electron chi connectivity index (χ0n) is 19.2. The molecule has 1 unspecified atom stereocenters. The van der Waals surface area contributed by atoms with Crippen molar-refractivity contribution >= 4 is 11.9 Å². The van der Waals surface area contributed by atoms with Crippen LogP contribution in [0.3, 0.4) is 0 Å². The fourth-order valence-corrected chi connectivity index (χ4v) is 3.43. The lowest BCUT2D eigenvalue weighted by Crippen LogP contribution is -2.39. The van der Waals surface area contributed by atoms with E-state index < -0.39 is 18.0 Å². The van der Waals surface area contributed by atoms with E-state index >= 15 is 0 Å². The van der Waals surface area contributed by atoms with E-state index in [1.807, 2.05) is 0 Å². The summed E-state index contributed by atoms with van der Waals surface area (Å²) in [6, 6.07) is -0.842. The quantitative estimate of drug-likeness (QED) is 0.162. The second-order valence-corrected chi connectivity index (χ2v) is 8.22. The Kier molecular flexibility index (Phi) is 20.8. The number of carboxylic acid groups (broad SMARTS) is 1. The Bertz CT molecular complexity index is 387. The van der Waals surface area contributed by atoms with Gasteiger partial charge in [-0.05, 0) is 19.4 Å². The van der Waals surface area contributed by atoms with Gasteiger partial charge in [-0.25, -0.2) is 0 Å². The molecule has 0 aromatic rings. The van der Waals surface area contributed by atoms with Crippen molar-refractivity contribution in [3.05, 3.63) is 0 Å². The van der Waals surface area contributed by atoms with Crippen molar-refractivity contribution in [3.63, 3.8) is 0 Å². The molecular weight excluding hydrogens is 366 g/mol. The van der Waals surface area contributed by atoms with Gasteiger partial charge in [0.15, 0.2) is 0 Å². The lowest BCUT2D eigenvalue weighted by molar-refractivity contribution is -0.149. The number of nitrogens with one attached hydrogen (secondary N) is 1. The van der Waals surface area contributed by atoms with Crippen LogP contribution in [0.4, 0.5) is 0 Å². The van der Waals surface area contributed by atoms with Crippen molar-refractivity contribution in [3.8, 4) is 0 Å². The van der Waals surface area contributed by atoms with Crippen molar-refractivity contribution < 1.29 is 19.4 Å². The van der Waals surface area contributed by atoms with Crippen LogP contribution in [0, 0.1) is 0 Å². The van der Waals surface area contributed by atoms with Crippen LogP contribution in [0.1, 0.15) is 123 Å². The van der Waals surface area contributed by atoms with Gasteiger partial charge in [0.05, 0.1) is 13.0 Å². The van der Waals surface area contributed by atoms with E-state index in [0.29, 0.717) is 13.2 Å². The summed E-state index contributed by atoms with van der Waals surface area (Å²) in [6.07, 6.45) is 19.2. The zero-order valence-corrected chi connectivity index (χ0v) is 19.2. The van der Waals surface area contributed by atoms with Crippen LogP contribution in [0.5, 0.6) is 0 Å². The molecule has 0 saturated carbocycles. The highest BCUT2D eigenvalue weighted by atomic mass is 16.5. The number of rotatable bonds is 22. The molecule has 0 spiro atoms. The maximum atomic E-state index is 11.9. The smallest absolute Gasteiger partial charge is 0.321 e. The molecule has 2 N–H and O–H groups in total. The van der Waals surface area contributed by atoms with Crippen molar-refractivity contribution in [2.45, 2.75) is 129 Å². The summed E-state index contributed by atoms with van der Waals surface area (Å²) < 4.78 is 5.22. The topological polar surface area (TPSA) is 75.6 Å². The predicted molar refractivity (Wildman–Crippen MR) is 120 cm³/mol. The molecule has 0 aliphatic heterocycles. The van der Waals surface area contributed by atoms with E-state index in [-0.39, 0.29) is 6.42 Å². The van der Waals surface area contributed by atoms with Gasteiger partial charge in [0, 0.05) is 0 Å². The molecule has 0 aliphatic rings. The Labute approximate surface area is 179 Å². The monoisotopic (exact) mass is 413 g/mol. The van der Waals surface area contributed by atoms with Crippen molar-refractivity contribution in [1.29, 1.82) is 0 Å². The SMILES string of the molecule is CCCCCCCCCCNC(CC(=O)OCCCCCCCCCC)C(=O)O. The molecule has 172 valence electrons. The summed E-state index contributed by atoms with van der Waals surface area (Å²) in [5, 5.41) is 12.3. The molecule has 5 nitrogen and oxygen atoms in total. The lowest BCUT2D eigenvalue weighted by atomic mass is 10.1. The summed E-state index contributed by atoms with van der Waals surface area (Å²) in [6.45, 7) is 5.47. The summed E-state index contributed by atoms with van der Waals surface area (Å²) >= 11 is 0. The molecule has 0 radical (unpaired) electrons. The number of carbonyl (C=O) groups excluding carboxylic acids is 1. The molecule has 29 heavy (non-hydrogen) atoms. The molecule has 0 saturated heterocycles. The number of unbranched alkanes of at least 4 members (excludes halogenated alkanes) is 14. The van der Waals surface area contributed by atoms with Gasteiger partial charge in [-0.2, -0.15) is 0 Å². The van der Waals surface area contributed by atoms with Crippen LogP contribution in [0.2, 0.25) is 0 Å². The van der Waals surface area contributed by atoms with Crippen LogP contribution in [-0.2, 0) is 14.3 Å². The molecule has 0 aromatic heterocycles. The number of carboxylic acids is 1. The summed E-state index contributed by atoms with van der Waals surface area (Å²) in [5.74, 6) is -1.39. The molecule has 5 heteroatoms. The van der Waals surface area contributed by atoms with E-state index in [9.17, 15) is 14.7 Å². The zero-order chi connectivity index (χ0) is 21.6. The minimum absolute atomic E-state index is 0.0939. The summed E-state index contributed by atoms with van der Waals surface area (Å²) in [5.41, 5.74) is 0. The Hall–Kier alpha value is -1.10. The van der Waals surface area contributed by atoms with E-state index in [1.165, 1.54) is 77.0 Å². The van der Waals surface area contributed by atoms with E-state index in [0.717, 1.165) is 25.7 Å². The van der Waals surface area contributed by atoms with Crippen molar-refractivity contribution in [2.75, 3.05) is 13.2 Å². The number of hydrogen-bond donors (Lipinski definition) is 2. The number of hydrogen-bond acceptors (Lipinski definition) is 4. The highest BCUT2D eigenvalue weighted by Gasteiger charge is 2.21. The number of aliphatic carboxylic acids is 1. The van der Waals surface area contributed by atoms with Gasteiger partial charge in [0.25, 0.3) is 0 Å². The molecule has 0 aliphatic carbocycles. The first-order valence-electron chi connectivity index (χ1n) is 12.2. The van der Waals surface area contributed by atoms with Crippen LogP contribution in [0.15, 0.2) is 0 Å². The second kappa shape index (κ2) is 21.6. The molecule has 1 atom stereocenters. The van der Waals surface area contributed by atoms with Gasteiger partial charge < -0.3 is 15.2 Å². The normalized spacial score (nSPS) is 12.1. The molecule has 0 aromatic carbocycles. The maximum absolute atomic E-state index is 11.9. The van der Waals surface area contributed by atoms with Gasteiger partial charge in [0.1, 0.15) is 6.04 Å². The predicted octanol–water partition coefficient (Wildman–Crippen LogP) is 6.24. The Morgan fingerprint density at radius 3 is 1.66 bits per heavy atom. The first kappa shape index (κ1) is 27.9. The fourth-order valence-electron chi connectivity index (χ4n) is 3.43. The van der Waals surface area contributed by atoms with E-state index in [2.05, 4.69) is 19.2 Å². The molecule has 0 heterocycles. The highest BCUT2D eigenvalue weighted by molar-refractivity contribution is 5.81. The number of carbonyl (C=O) groups is 2. The molecule has 0 bridgehead atoms. The van der Waals surface area contributed by atoms with Gasteiger partial charge in [0.2, 0.25) is 0 Å². The van der Waals surface area contributed by atoms with Crippen LogP contribution in [-0.4, -0.2) is 36.2 Å². The first-order chi connectivity index (χ1) is 14.1. The third-order valence-electron chi connectivity index (χ3n) is 5.35. The van der Waals surface area contributed by atoms with Gasteiger partial charge in [-0.15, -0.1) is 0 Å². The standard InChI is InChI=1S/C24H47NO4/c1-3-5-7-9-11-13-15-17-19-25-22(24(27)28)21-23(26)29-20-18-16-14-12-10-8-6-4-2/h22,25H,3-21H2,1-2H3,(H,27,28). The van der Waals surface area contributed by atoms with Crippen LogP contribution >= 0.6 is 0 Å². The van der Waals surface area contributed by atoms with Gasteiger partial charge >= 0.3 is 11.9 Å². The third kappa shape index (κ3) is 20.0. The van der Waals surface area contributed by atoms with E-state index in [1.54, 1.807) is 0 Å². The summed E-state index contributed by atoms with van der Waals surface area (Å²) in [7, 11) is 0. The lowest BCUT2D eigenvalue weighted by Gasteiger charge is -2.14. The Balaban J connectivity index is 3.65. The first-order valence-corrected chi connectivity index (χ1v) is 12.2. The van der Waals surface area contributed by atoms with Crippen molar-refractivity contribution in [2.24, 2.45) is 0 Å². The van der Waals surface area contributed by atoms with Crippen LogP contribution < -0.4 is 5.32 Å². The van der Waals surface area contributed by atoms with Gasteiger partial charge in [-0.3, -0.25) is 9.59 Å². The Morgan fingerprint density at radius 2 is 1.17 bits per heavy atom. The number of ether oxygens (including phenoxy) is 1.